The molecule has 1 aliphatic rings. The van der Waals surface area contributed by atoms with Crippen LogP contribution in [0.4, 0.5) is 10.1 Å². The average Bonchev–Trinajstić information content (AvgIpc) is 2.39. The van der Waals surface area contributed by atoms with Crippen LogP contribution in [0.2, 0.25) is 0 Å². The van der Waals surface area contributed by atoms with Crippen molar-refractivity contribution >= 4 is 5.69 Å². The number of benzene rings is 1. The van der Waals surface area contributed by atoms with Crippen LogP contribution in [0.1, 0.15) is 18.4 Å². The van der Waals surface area contributed by atoms with Gasteiger partial charge in [-0.1, -0.05) is 0 Å². The summed E-state index contributed by atoms with van der Waals surface area (Å²) in [6, 6.07) is 4.15. The first-order valence-corrected chi connectivity index (χ1v) is 6.41. The average molecular weight is 267 g/mol. The summed E-state index contributed by atoms with van der Waals surface area (Å²) in [5, 5.41) is 14.0. The Morgan fingerprint density at radius 1 is 1.53 bits per heavy atom. The fourth-order valence-corrected chi connectivity index (χ4v) is 2.46. The molecule has 1 N–H and O–H groups in total. The van der Waals surface area contributed by atoms with Crippen LogP contribution >= 0.6 is 0 Å². The van der Waals surface area contributed by atoms with Crippen LogP contribution in [0.5, 0.6) is 0 Å². The molecule has 1 heterocycles. The summed E-state index contributed by atoms with van der Waals surface area (Å²) in [5.41, 5.74) is 0.449. The van der Waals surface area contributed by atoms with Crippen molar-refractivity contribution in [1.82, 2.24) is 10.2 Å². The van der Waals surface area contributed by atoms with Gasteiger partial charge in [0.05, 0.1) is 11.0 Å². The Morgan fingerprint density at radius 2 is 2.32 bits per heavy atom. The highest BCUT2D eigenvalue weighted by Crippen LogP contribution is 2.19. The molecule has 0 radical (unpaired) electrons. The summed E-state index contributed by atoms with van der Waals surface area (Å²) in [6.07, 6.45) is 2.22. The number of likely N-dealkylation sites (N-methyl/N-ethyl adjacent to an activating group) is 1. The van der Waals surface area contributed by atoms with Gasteiger partial charge in [-0.2, -0.15) is 0 Å². The van der Waals surface area contributed by atoms with Crippen molar-refractivity contribution < 1.29 is 9.31 Å². The van der Waals surface area contributed by atoms with Gasteiger partial charge in [0.1, 0.15) is 5.82 Å². The Balaban J connectivity index is 2.07. The van der Waals surface area contributed by atoms with Crippen molar-refractivity contribution in [3.63, 3.8) is 0 Å². The lowest BCUT2D eigenvalue weighted by atomic mass is 10.1. The van der Waals surface area contributed by atoms with Crippen molar-refractivity contribution in [3.05, 3.63) is 39.7 Å². The van der Waals surface area contributed by atoms with Crippen molar-refractivity contribution in [2.75, 3.05) is 20.1 Å². The predicted molar refractivity (Wildman–Crippen MR) is 70.4 cm³/mol. The van der Waals surface area contributed by atoms with Crippen molar-refractivity contribution in [1.29, 1.82) is 0 Å². The fraction of sp³-hybridized carbons (Fsp3) is 0.538. The molecular weight excluding hydrogens is 249 g/mol. The highest BCUT2D eigenvalue weighted by molar-refractivity contribution is 5.35. The second-order valence-corrected chi connectivity index (χ2v) is 4.99. The minimum absolute atomic E-state index is 0.190. The molecule has 2 rings (SSSR count). The zero-order chi connectivity index (χ0) is 13.8. The van der Waals surface area contributed by atoms with Gasteiger partial charge in [-0.25, -0.2) is 4.39 Å². The lowest BCUT2D eigenvalue weighted by molar-refractivity contribution is -0.385. The van der Waals surface area contributed by atoms with Crippen molar-refractivity contribution in [3.8, 4) is 0 Å². The standard InChI is InChI=1S/C13H18FN3O2/c1-16(12-3-2-4-15-8-12)9-10-5-11(14)7-13(6-10)17(18)19/h5-7,12,15H,2-4,8-9H2,1H3. The van der Waals surface area contributed by atoms with Crippen LogP contribution in [0.3, 0.4) is 0 Å². The molecule has 0 spiro atoms. The molecule has 5 nitrogen and oxygen atoms in total. The first kappa shape index (κ1) is 13.9. The number of piperidine rings is 1. The van der Waals surface area contributed by atoms with E-state index < -0.39 is 10.7 Å². The molecule has 104 valence electrons. The Labute approximate surface area is 111 Å². The van der Waals surface area contributed by atoms with E-state index in [1.54, 1.807) is 0 Å². The van der Waals surface area contributed by atoms with E-state index in [4.69, 9.17) is 0 Å². The number of rotatable bonds is 4. The zero-order valence-electron chi connectivity index (χ0n) is 10.9. The molecule has 1 saturated heterocycles. The molecular formula is C13H18FN3O2. The third-order valence-corrected chi connectivity index (χ3v) is 3.48. The molecule has 1 fully saturated rings. The molecule has 6 heteroatoms. The fourth-order valence-electron chi connectivity index (χ4n) is 2.46. The summed E-state index contributed by atoms with van der Waals surface area (Å²) in [5.74, 6) is -0.556. The van der Waals surface area contributed by atoms with Gasteiger partial charge in [0.15, 0.2) is 0 Å². The van der Waals surface area contributed by atoms with Gasteiger partial charge in [-0.05, 0) is 38.1 Å². The third-order valence-electron chi connectivity index (χ3n) is 3.48. The van der Waals surface area contributed by atoms with E-state index in [9.17, 15) is 14.5 Å². The second-order valence-electron chi connectivity index (χ2n) is 4.99. The minimum Gasteiger partial charge on any atom is -0.315 e. The molecule has 1 aliphatic heterocycles. The van der Waals surface area contributed by atoms with Crippen LogP contribution < -0.4 is 5.32 Å². The number of halogens is 1. The largest absolute Gasteiger partial charge is 0.315 e. The summed E-state index contributed by atoms with van der Waals surface area (Å²) in [4.78, 5) is 12.3. The Bertz CT molecular complexity index is 461. The summed E-state index contributed by atoms with van der Waals surface area (Å²) in [6.45, 7) is 2.47. The molecule has 0 amide bonds. The molecule has 1 atom stereocenters. The maximum atomic E-state index is 13.3. The van der Waals surface area contributed by atoms with E-state index >= 15 is 0 Å². The highest BCUT2D eigenvalue weighted by atomic mass is 19.1. The van der Waals surface area contributed by atoms with Crippen LogP contribution in [0.15, 0.2) is 18.2 Å². The molecule has 1 unspecified atom stereocenters. The SMILES string of the molecule is CN(Cc1cc(F)cc([N+](=O)[O-])c1)C1CCCNC1. The lowest BCUT2D eigenvalue weighted by Crippen LogP contribution is -2.43. The van der Waals surface area contributed by atoms with E-state index in [2.05, 4.69) is 10.2 Å². The quantitative estimate of drug-likeness (QED) is 0.669. The normalized spacial score (nSPS) is 19.6. The van der Waals surface area contributed by atoms with Crippen molar-refractivity contribution in [2.45, 2.75) is 25.4 Å². The summed E-state index contributed by atoms with van der Waals surface area (Å²) < 4.78 is 13.3. The molecule has 0 bridgehead atoms. The summed E-state index contributed by atoms with van der Waals surface area (Å²) >= 11 is 0. The van der Waals surface area contributed by atoms with E-state index in [-0.39, 0.29) is 5.69 Å². The Hall–Kier alpha value is -1.53. The molecule has 0 aliphatic carbocycles. The number of non-ortho nitro benzene ring substituents is 1. The van der Waals surface area contributed by atoms with E-state index in [1.807, 2.05) is 7.05 Å². The number of nitrogens with one attached hydrogen (secondary N) is 1. The highest BCUT2D eigenvalue weighted by Gasteiger charge is 2.19. The van der Waals surface area contributed by atoms with Crippen LogP contribution in [0.25, 0.3) is 0 Å². The van der Waals surface area contributed by atoms with Gasteiger partial charge in [0, 0.05) is 25.2 Å². The third kappa shape index (κ3) is 3.71. The van der Waals surface area contributed by atoms with Gasteiger partial charge in [-0.3, -0.25) is 15.0 Å². The summed E-state index contributed by atoms with van der Waals surface area (Å²) in [7, 11) is 1.97. The topological polar surface area (TPSA) is 58.4 Å². The first-order chi connectivity index (χ1) is 9.06. The van der Waals surface area contributed by atoms with E-state index in [0.29, 0.717) is 18.2 Å². The van der Waals surface area contributed by atoms with Crippen LogP contribution in [0, 0.1) is 15.9 Å². The number of nitro benzene ring substituents is 1. The van der Waals surface area contributed by atoms with E-state index in [0.717, 1.165) is 32.0 Å². The van der Waals surface area contributed by atoms with Gasteiger partial charge in [0.25, 0.3) is 5.69 Å². The van der Waals surface area contributed by atoms with Crippen molar-refractivity contribution in [2.24, 2.45) is 0 Å². The molecule has 0 saturated carbocycles. The molecule has 1 aromatic rings. The van der Waals surface area contributed by atoms with Gasteiger partial charge in [0.2, 0.25) is 0 Å². The van der Waals surface area contributed by atoms with E-state index in [1.165, 1.54) is 12.1 Å². The minimum atomic E-state index is -0.561. The number of hydrogen-bond donors (Lipinski definition) is 1. The maximum Gasteiger partial charge on any atom is 0.272 e. The Kier molecular flexibility index (Phi) is 4.44. The van der Waals surface area contributed by atoms with Crippen LogP contribution in [-0.4, -0.2) is 36.0 Å². The lowest BCUT2D eigenvalue weighted by Gasteiger charge is -2.31. The number of hydrogen-bond acceptors (Lipinski definition) is 4. The first-order valence-electron chi connectivity index (χ1n) is 6.41. The molecule has 19 heavy (non-hydrogen) atoms. The Morgan fingerprint density at radius 3 is 2.95 bits per heavy atom. The van der Waals surface area contributed by atoms with Gasteiger partial charge >= 0.3 is 0 Å². The van der Waals surface area contributed by atoms with Gasteiger partial charge < -0.3 is 5.32 Å². The number of nitro groups is 1. The smallest absolute Gasteiger partial charge is 0.272 e. The molecule has 0 aromatic heterocycles. The predicted octanol–water partition coefficient (Wildman–Crippen LogP) is 1.92. The maximum absolute atomic E-state index is 13.3. The second kappa shape index (κ2) is 6.08. The molecule has 1 aromatic carbocycles. The van der Waals surface area contributed by atoms with Gasteiger partial charge in [-0.15, -0.1) is 0 Å². The zero-order valence-corrected chi connectivity index (χ0v) is 10.9. The number of nitrogens with zero attached hydrogens (tertiary/aromatic N) is 2. The monoisotopic (exact) mass is 267 g/mol. The van der Waals surface area contributed by atoms with Crippen LogP contribution in [-0.2, 0) is 6.54 Å².